The SMILES string of the molecule is COc1ccc(C=CC(=O)NC(=S)Nc2ccc(C)c(Cl)c2)cc1. The second-order valence-corrected chi connectivity index (χ2v) is 5.83. The van der Waals surface area contributed by atoms with E-state index in [-0.39, 0.29) is 11.0 Å². The average molecular weight is 361 g/mol. The molecule has 0 heterocycles. The molecule has 0 saturated carbocycles. The second-order valence-electron chi connectivity index (χ2n) is 5.01. The first-order valence-electron chi connectivity index (χ1n) is 7.18. The monoisotopic (exact) mass is 360 g/mol. The van der Waals surface area contributed by atoms with Crippen LogP contribution in [0.4, 0.5) is 5.69 Å². The Bertz CT molecular complexity index is 773. The molecule has 0 bridgehead atoms. The zero-order valence-corrected chi connectivity index (χ0v) is 14.9. The molecule has 4 nitrogen and oxygen atoms in total. The molecule has 0 fully saturated rings. The van der Waals surface area contributed by atoms with Crippen LogP contribution in [0.1, 0.15) is 11.1 Å². The molecule has 2 aromatic rings. The fourth-order valence-corrected chi connectivity index (χ4v) is 2.27. The van der Waals surface area contributed by atoms with Gasteiger partial charge in [0, 0.05) is 16.8 Å². The van der Waals surface area contributed by atoms with Gasteiger partial charge in [-0.1, -0.05) is 29.8 Å². The number of hydrogen-bond acceptors (Lipinski definition) is 3. The van der Waals surface area contributed by atoms with Gasteiger partial charge in [-0.15, -0.1) is 0 Å². The number of ether oxygens (including phenoxy) is 1. The molecule has 0 saturated heterocycles. The number of anilines is 1. The zero-order chi connectivity index (χ0) is 17.5. The molecular formula is C18H17ClN2O2S. The number of benzene rings is 2. The number of methoxy groups -OCH3 is 1. The number of carbonyl (C=O) groups is 1. The Hall–Kier alpha value is -2.37. The molecule has 0 unspecified atom stereocenters. The summed E-state index contributed by atoms with van der Waals surface area (Å²) in [6.45, 7) is 1.91. The van der Waals surface area contributed by atoms with Gasteiger partial charge in [0.1, 0.15) is 5.75 Å². The molecular weight excluding hydrogens is 344 g/mol. The molecule has 0 aliphatic carbocycles. The van der Waals surface area contributed by atoms with Gasteiger partial charge < -0.3 is 10.1 Å². The van der Waals surface area contributed by atoms with Crippen LogP contribution >= 0.6 is 23.8 Å². The van der Waals surface area contributed by atoms with E-state index >= 15 is 0 Å². The molecule has 0 radical (unpaired) electrons. The van der Waals surface area contributed by atoms with Crippen molar-refractivity contribution < 1.29 is 9.53 Å². The van der Waals surface area contributed by atoms with Gasteiger partial charge in [-0.25, -0.2) is 0 Å². The molecule has 1 amide bonds. The predicted octanol–water partition coefficient (Wildman–Crippen LogP) is 4.18. The van der Waals surface area contributed by atoms with Crippen LogP contribution in [-0.4, -0.2) is 18.1 Å². The van der Waals surface area contributed by atoms with Gasteiger partial charge in [-0.2, -0.15) is 0 Å². The number of hydrogen-bond donors (Lipinski definition) is 2. The van der Waals surface area contributed by atoms with Gasteiger partial charge in [0.05, 0.1) is 7.11 Å². The Kier molecular flexibility index (Phi) is 6.35. The molecule has 6 heteroatoms. The molecule has 2 N–H and O–H groups in total. The minimum atomic E-state index is -0.318. The third-order valence-electron chi connectivity index (χ3n) is 3.21. The maximum atomic E-state index is 11.9. The van der Waals surface area contributed by atoms with Crippen LogP contribution in [0.15, 0.2) is 48.5 Å². The lowest BCUT2D eigenvalue weighted by molar-refractivity contribution is -0.115. The summed E-state index contributed by atoms with van der Waals surface area (Å²) in [5.41, 5.74) is 2.57. The number of nitrogens with one attached hydrogen (secondary N) is 2. The van der Waals surface area contributed by atoms with Crippen LogP contribution in [0, 0.1) is 6.92 Å². The lowest BCUT2D eigenvalue weighted by Crippen LogP contribution is -2.32. The molecule has 0 atom stereocenters. The predicted molar refractivity (Wildman–Crippen MR) is 103 cm³/mol. The molecule has 24 heavy (non-hydrogen) atoms. The zero-order valence-electron chi connectivity index (χ0n) is 13.3. The second kappa shape index (κ2) is 8.47. The average Bonchev–Trinajstić information content (AvgIpc) is 2.56. The van der Waals surface area contributed by atoms with E-state index in [1.807, 2.05) is 43.3 Å². The molecule has 2 rings (SSSR count). The van der Waals surface area contributed by atoms with Crippen LogP contribution in [0.25, 0.3) is 6.08 Å². The minimum Gasteiger partial charge on any atom is -0.497 e. The first kappa shape index (κ1) is 18.0. The van der Waals surface area contributed by atoms with Crippen molar-refractivity contribution in [2.45, 2.75) is 6.92 Å². The van der Waals surface area contributed by atoms with E-state index in [4.69, 9.17) is 28.6 Å². The quantitative estimate of drug-likeness (QED) is 0.634. The van der Waals surface area contributed by atoms with Gasteiger partial charge in [0.2, 0.25) is 5.91 Å². The largest absolute Gasteiger partial charge is 0.497 e. The van der Waals surface area contributed by atoms with E-state index < -0.39 is 0 Å². The summed E-state index contributed by atoms with van der Waals surface area (Å²) in [7, 11) is 1.60. The summed E-state index contributed by atoms with van der Waals surface area (Å²) in [5, 5.41) is 6.34. The minimum absolute atomic E-state index is 0.208. The Morgan fingerprint density at radius 1 is 1.21 bits per heavy atom. The fraction of sp³-hybridized carbons (Fsp3) is 0.111. The summed E-state index contributed by atoms with van der Waals surface area (Å²) >= 11 is 11.2. The van der Waals surface area contributed by atoms with Gasteiger partial charge in [0.15, 0.2) is 5.11 Å². The van der Waals surface area contributed by atoms with Gasteiger partial charge in [-0.05, 0) is 60.6 Å². The normalized spacial score (nSPS) is 10.5. The van der Waals surface area contributed by atoms with E-state index in [2.05, 4.69) is 10.6 Å². The molecule has 0 aliphatic rings. The maximum absolute atomic E-state index is 11.9. The van der Waals surface area contributed by atoms with Crippen molar-refractivity contribution in [3.8, 4) is 5.75 Å². The highest BCUT2D eigenvalue weighted by Gasteiger charge is 2.03. The van der Waals surface area contributed by atoms with E-state index in [1.165, 1.54) is 6.08 Å². The van der Waals surface area contributed by atoms with Crippen LogP contribution in [0.3, 0.4) is 0 Å². The Balaban J connectivity index is 1.89. The molecule has 0 spiro atoms. The van der Waals surface area contributed by atoms with Gasteiger partial charge >= 0.3 is 0 Å². The lowest BCUT2D eigenvalue weighted by atomic mass is 10.2. The Morgan fingerprint density at radius 3 is 2.54 bits per heavy atom. The summed E-state index contributed by atoms with van der Waals surface area (Å²) in [6, 6.07) is 12.8. The van der Waals surface area contributed by atoms with E-state index in [0.717, 1.165) is 22.6 Å². The van der Waals surface area contributed by atoms with Crippen molar-refractivity contribution in [1.29, 1.82) is 0 Å². The van der Waals surface area contributed by atoms with Crippen molar-refractivity contribution in [2.75, 3.05) is 12.4 Å². The van der Waals surface area contributed by atoms with Crippen molar-refractivity contribution in [2.24, 2.45) is 0 Å². The van der Waals surface area contributed by atoms with E-state index in [1.54, 1.807) is 19.3 Å². The Labute approximate surface area is 151 Å². The topological polar surface area (TPSA) is 50.4 Å². The third-order valence-corrected chi connectivity index (χ3v) is 3.82. The number of halogens is 1. The molecule has 0 aliphatic heterocycles. The van der Waals surface area contributed by atoms with Crippen molar-refractivity contribution in [3.63, 3.8) is 0 Å². The highest BCUT2D eigenvalue weighted by Crippen LogP contribution is 2.19. The standard InChI is InChI=1S/C18H17ClN2O2S/c1-12-3-7-14(11-16(12)19)20-18(24)21-17(22)10-6-13-4-8-15(23-2)9-5-13/h3-11H,1-2H3,(H2,20,21,22,24). The molecule has 0 aromatic heterocycles. The van der Waals surface area contributed by atoms with Crippen molar-refractivity contribution in [1.82, 2.24) is 5.32 Å². The summed E-state index contributed by atoms with van der Waals surface area (Å²) in [6.07, 6.45) is 3.11. The van der Waals surface area contributed by atoms with E-state index in [9.17, 15) is 4.79 Å². The Morgan fingerprint density at radius 2 is 1.92 bits per heavy atom. The summed E-state index contributed by atoms with van der Waals surface area (Å²) in [4.78, 5) is 11.9. The van der Waals surface area contributed by atoms with Crippen LogP contribution in [-0.2, 0) is 4.79 Å². The third kappa shape index (κ3) is 5.37. The highest BCUT2D eigenvalue weighted by molar-refractivity contribution is 7.80. The van der Waals surface area contributed by atoms with Crippen LogP contribution in [0.2, 0.25) is 5.02 Å². The highest BCUT2D eigenvalue weighted by atomic mass is 35.5. The smallest absolute Gasteiger partial charge is 0.250 e. The first-order chi connectivity index (χ1) is 11.5. The number of thiocarbonyl (C=S) groups is 1. The molecule has 124 valence electrons. The van der Waals surface area contributed by atoms with E-state index in [0.29, 0.717) is 5.02 Å². The summed E-state index contributed by atoms with van der Waals surface area (Å²) in [5.74, 6) is 0.445. The van der Waals surface area contributed by atoms with Gasteiger partial charge in [-0.3, -0.25) is 10.1 Å². The molecule has 2 aromatic carbocycles. The van der Waals surface area contributed by atoms with Crippen LogP contribution in [0.5, 0.6) is 5.75 Å². The lowest BCUT2D eigenvalue weighted by Gasteiger charge is -2.09. The first-order valence-corrected chi connectivity index (χ1v) is 7.97. The van der Waals surface area contributed by atoms with Crippen LogP contribution < -0.4 is 15.4 Å². The number of rotatable bonds is 4. The number of carbonyl (C=O) groups excluding carboxylic acids is 1. The summed E-state index contributed by atoms with van der Waals surface area (Å²) < 4.78 is 5.08. The van der Waals surface area contributed by atoms with Crippen molar-refractivity contribution in [3.05, 3.63) is 64.7 Å². The number of amides is 1. The van der Waals surface area contributed by atoms with Crippen molar-refractivity contribution >= 4 is 46.6 Å². The fourth-order valence-electron chi connectivity index (χ4n) is 1.87. The number of aryl methyl sites for hydroxylation is 1. The maximum Gasteiger partial charge on any atom is 0.250 e. The van der Waals surface area contributed by atoms with Gasteiger partial charge in [0.25, 0.3) is 0 Å².